The first-order chi connectivity index (χ1) is 14.5. The van der Waals surface area contributed by atoms with Crippen LogP contribution in [0.5, 0.6) is 0 Å². The minimum atomic E-state index is -1.32. The van der Waals surface area contributed by atoms with Crippen molar-refractivity contribution in [1.82, 2.24) is 3.93 Å². The summed E-state index contributed by atoms with van der Waals surface area (Å²) in [5, 5.41) is 13.0. The van der Waals surface area contributed by atoms with E-state index >= 15 is 4.39 Å². The number of amides is 1. The maximum absolute atomic E-state index is 15.3. The Bertz CT molecular complexity index is 1070. The van der Waals surface area contributed by atoms with Gasteiger partial charge in [-0.15, -0.1) is 0 Å². The number of nitrogens with one attached hydrogen (secondary N) is 1. The van der Waals surface area contributed by atoms with Gasteiger partial charge < -0.3 is 10.4 Å². The molecule has 0 aliphatic carbocycles. The second-order valence-corrected chi connectivity index (χ2v) is 10.6. The van der Waals surface area contributed by atoms with Crippen molar-refractivity contribution in [3.63, 3.8) is 0 Å². The molecule has 2 aromatic rings. The van der Waals surface area contributed by atoms with Crippen LogP contribution in [-0.2, 0) is 15.0 Å². The largest absolute Gasteiger partial charge is 0.480 e. The van der Waals surface area contributed by atoms with Crippen molar-refractivity contribution in [2.75, 3.05) is 5.32 Å². The fourth-order valence-corrected chi connectivity index (χ4v) is 6.24. The summed E-state index contributed by atoms with van der Waals surface area (Å²) in [6, 6.07) is 10.0. The van der Waals surface area contributed by atoms with Gasteiger partial charge in [-0.05, 0) is 35.1 Å². The second kappa shape index (κ2) is 7.57. The fourth-order valence-electron chi connectivity index (χ4n) is 5.18. The van der Waals surface area contributed by atoms with Crippen molar-refractivity contribution in [2.24, 2.45) is 5.41 Å². The van der Waals surface area contributed by atoms with E-state index in [1.807, 2.05) is 32.9 Å². The molecule has 2 aliphatic heterocycles. The number of hydrogen-bond donors (Lipinski definition) is 2. The molecule has 4 atom stereocenters. The summed E-state index contributed by atoms with van der Waals surface area (Å²) in [6.45, 7) is 6.09. The molecular formula is C23H23BrClFN2O3. The molecule has 0 saturated carbocycles. The highest BCUT2D eigenvalue weighted by atomic mass is 79.9. The van der Waals surface area contributed by atoms with Crippen LogP contribution in [0, 0.1) is 11.2 Å². The number of carboxylic acids is 1. The van der Waals surface area contributed by atoms with E-state index in [4.69, 9.17) is 11.6 Å². The molecule has 8 heteroatoms. The maximum atomic E-state index is 15.3. The van der Waals surface area contributed by atoms with E-state index in [0.29, 0.717) is 17.7 Å². The summed E-state index contributed by atoms with van der Waals surface area (Å²) < 4.78 is 16.9. The van der Waals surface area contributed by atoms with Gasteiger partial charge in [-0.3, -0.25) is 9.59 Å². The SMILES string of the molecule is CC(C)(C)CC1N(Br)C(C(=O)O)C(c2cccc(Cl)c2F)C12C(=O)Nc1ccccc12. The molecule has 2 N–H and O–H groups in total. The molecule has 164 valence electrons. The topological polar surface area (TPSA) is 69.6 Å². The van der Waals surface area contributed by atoms with Gasteiger partial charge >= 0.3 is 5.97 Å². The smallest absolute Gasteiger partial charge is 0.322 e. The quantitative estimate of drug-likeness (QED) is 0.548. The van der Waals surface area contributed by atoms with Crippen molar-refractivity contribution in [3.05, 3.63) is 64.4 Å². The number of para-hydroxylation sites is 1. The van der Waals surface area contributed by atoms with Crippen LogP contribution < -0.4 is 5.32 Å². The number of anilines is 1. The van der Waals surface area contributed by atoms with Crippen molar-refractivity contribution < 1.29 is 19.1 Å². The van der Waals surface area contributed by atoms with E-state index in [9.17, 15) is 14.7 Å². The molecule has 2 aliphatic rings. The first-order valence-corrected chi connectivity index (χ1v) is 11.1. The fraction of sp³-hybridized carbons (Fsp3) is 0.391. The van der Waals surface area contributed by atoms with Crippen LogP contribution in [-0.4, -0.2) is 33.0 Å². The van der Waals surface area contributed by atoms with Gasteiger partial charge in [0.15, 0.2) is 0 Å². The summed E-state index contributed by atoms with van der Waals surface area (Å²) in [4.78, 5) is 26.2. The zero-order chi connectivity index (χ0) is 22.7. The molecule has 0 bridgehead atoms. The normalized spacial score (nSPS) is 28.1. The Morgan fingerprint density at radius 3 is 2.58 bits per heavy atom. The predicted octanol–water partition coefficient (Wildman–Crippen LogP) is 5.34. The Morgan fingerprint density at radius 2 is 1.94 bits per heavy atom. The summed E-state index contributed by atoms with van der Waals surface area (Å²) >= 11 is 9.57. The minimum absolute atomic E-state index is 0.108. The predicted molar refractivity (Wildman–Crippen MR) is 121 cm³/mol. The molecule has 4 unspecified atom stereocenters. The van der Waals surface area contributed by atoms with Gasteiger partial charge in [0.1, 0.15) is 17.3 Å². The number of carboxylic acid groups (broad SMARTS) is 1. The number of aliphatic carboxylic acids is 1. The van der Waals surface area contributed by atoms with Crippen LogP contribution >= 0.6 is 27.7 Å². The maximum Gasteiger partial charge on any atom is 0.322 e. The van der Waals surface area contributed by atoms with Gasteiger partial charge in [0.05, 0.1) is 5.02 Å². The van der Waals surface area contributed by atoms with Gasteiger partial charge in [0.25, 0.3) is 0 Å². The Hall–Kier alpha value is -1.96. The number of nitrogens with zero attached hydrogens (tertiary/aromatic N) is 1. The van der Waals surface area contributed by atoms with E-state index in [1.165, 1.54) is 12.1 Å². The summed E-state index contributed by atoms with van der Waals surface area (Å²) in [5.41, 5.74) is -0.140. The third-order valence-corrected chi connectivity index (χ3v) is 7.49. The highest BCUT2D eigenvalue weighted by molar-refractivity contribution is 9.07. The molecule has 4 rings (SSSR count). The number of benzene rings is 2. The molecular weight excluding hydrogens is 487 g/mol. The van der Waals surface area contributed by atoms with E-state index in [2.05, 4.69) is 21.5 Å². The Kier molecular flexibility index (Phi) is 5.43. The molecule has 2 heterocycles. The van der Waals surface area contributed by atoms with Gasteiger partial charge in [-0.1, -0.05) is 62.7 Å². The van der Waals surface area contributed by atoms with E-state index in [0.717, 1.165) is 0 Å². The van der Waals surface area contributed by atoms with Crippen molar-refractivity contribution in [2.45, 2.75) is 50.6 Å². The third-order valence-electron chi connectivity index (χ3n) is 6.27. The standard InChI is InChI=1S/C23H23BrClFN2O3/c1-22(2,3)11-16-23(13-8-4-5-10-15(13)27-21(23)31)17(19(20(29)30)28(16)24)12-7-6-9-14(25)18(12)26/h4-10,16-17,19H,11H2,1-3H3,(H,27,31)(H,29,30). The average molecular weight is 510 g/mol. The van der Waals surface area contributed by atoms with Gasteiger partial charge in [0, 0.05) is 33.8 Å². The Labute approximate surface area is 193 Å². The lowest BCUT2D eigenvalue weighted by molar-refractivity contribution is -0.141. The molecule has 2 aromatic carbocycles. The van der Waals surface area contributed by atoms with Crippen molar-refractivity contribution >= 4 is 45.3 Å². The van der Waals surface area contributed by atoms with Crippen LogP contribution in [0.15, 0.2) is 42.5 Å². The highest BCUT2D eigenvalue weighted by Crippen LogP contribution is 2.60. The lowest BCUT2D eigenvalue weighted by atomic mass is 9.62. The Morgan fingerprint density at radius 1 is 1.26 bits per heavy atom. The summed E-state index contributed by atoms with van der Waals surface area (Å²) in [7, 11) is 0. The average Bonchev–Trinajstić information content (AvgIpc) is 3.10. The molecule has 0 radical (unpaired) electrons. The number of fused-ring (bicyclic) bond motifs is 2. The lowest BCUT2D eigenvalue weighted by Crippen LogP contribution is -2.49. The van der Waals surface area contributed by atoms with Crippen LogP contribution in [0.3, 0.4) is 0 Å². The summed E-state index contributed by atoms with van der Waals surface area (Å²) in [6.07, 6.45) is 0.502. The van der Waals surface area contributed by atoms with Crippen LogP contribution in [0.2, 0.25) is 5.02 Å². The van der Waals surface area contributed by atoms with Gasteiger partial charge in [-0.25, -0.2) is 8.32 Å². The molecule has 1 fully saturated rings. The van der Waals surface area contributed by atoms with Crippen molar-refractivity contribution in [3.8, 4) is 0 Å². The summed E-state index contributed by atoms with van der Waals surface area (Å²) in [5.74, 6) is -3.18. The number of carbonyl (C=O) groups excluding carboxylic acids is 1. The molecule has 1 amide bonds. The minimum Gasteiger partial charge on any atom is -0.480 e. The van der Waals surface area contributed by atoms with Crippen LogP contribution in [0.1, 0.15) is 44.2 Å². The van der Waals surface area contributed by atoms with E-state index in [1.54, 1.807) is 22.1 Å². The molecule has 0 aromatic heterocycles. The second-order valence-electron chi connectivity index (χ2n) is 9.40. The molecule has 1 spiro atoms. The number of rotatable bonds is 3. The van der Waals surface area contributed by atoms with Crippen LogP contribution in [0.25, 0.3) is 0 Å². The van der Waals surface area contributed by atoms with Gasteiger partial charge in [0.2, 0.25) is 5.91 Å². The lowest BCUT2D eigenvalue weighted by Gasteiger charge is -2.38. The van der Waals surface area contributed by atoms with E-state index in [-0.39, 0.29) is 21.9 Å². The van der Waals surface area contributed by atoms with E-state index < -0.39 is 35.2 Å². The zero-order valence-corrected chi connectivity index (χ0v) is 19.7. The number of carbonyl (C=O) groups is 2. The molecule has 5 nitrogen and oxygen atoms in total. The first kappa shape index (κ1) is 22.2. The number of halogens is 3. The molecule has 31 heavy (non-hydrogen) atoms. The van der Waals surface area contributed by atoms with Gasteiger partial charge in [-0.2, -0.15) is 0 Å². The zero-order valence-electron chi connectivity index (χ0n) is 17.3. The molecule has 1 saturated heterocycles. The Balaban J connectivity index is 2.08. The third kappa shape index (κ3) is 3.29. The monoisotopic (exact) mass is 508 g/mol. The van der Waals surface area contributed by atoms with Crippen molar-refractivity contribution in [1.29, 1.82) is 0 Å². The van der Waals surface area contributed by atoms with Crippen LogP contribution in [0.4, 0.5) is 10.1 Å². The highest BCUT2D eigenvalue weighted by Gasteiger charge is 2.69. The number of hydrogen-bond acceptors (Lipinski definition) is 3. The first-order valence-electron chi connectivity index (χ1n) is 10.0.